The summed E-state index contributed by atoms with van der Waals surface area (Å²) in [5, 5.41) is 19.6. The van der Waals surface area contributed by atoms with Gasteiger partial charge in [0.05, 0.1) is 11.5 Å². The first kappa shape index (κ1) is 9.15. The summed E-state index contributed by atoms with van der Waals surface area (Å²) >= 11 is 0. The Balaban J connectivity index is 2.26. The molecule has 1 N–H and O–H groups in total. The fourth-order valence-electron chi connectivity index (χ4n) is 1.63. The zero-order valence-corrected chi connectivity index (χ0v) is 7.64. The summed E-state index contributed by atoms with van der Waals surface area (Å²) in [7, 11) is 0. The average molecular weight is 193 g/mol. The summed E-state index contributed by atoms with van der Waals surface area (Å²) in [5.41, 5.74) is 1.00. The molecule has 0 atom stereocenters. The molecule has 1 fully saturated rings. The summed E-state index contributed by atoms with van der Waals surface area (Å²) in [5.74, 6) is 0. The van der Waals surface area contributed by atoms with Crippen molar-refractivity contribution in [2.75, 3.05) is 6.61 Å². The summed E-state index contributed by atoms with van der Waals surface area (Å²) in [6.07, 6.45) is 1.95. The van der Waals surface area contributed by atoms with Crippen LogP contribution in [0.1, 0.15) is 18.4 Å². The number of aliphatic hydroxyl groups is 1. The van der Waals surface area contributed by atoms with E-state index in [1.165, 1.54) is 12.1 Å². The molecule has 0 aliphatic heterocycles. The summed E-state index contributed by atoms with van der Waals surface area (Å²) in [4.78, 5) is 9.99. The Morgan fingerprint density at radius 1 is 1.36 bits per heavy atom. The fraction of sp³-hybridized carbons (Fsp3) is 0.400. The second-order valence-electron chi connectivity index (χ2n) is 3.74. The van der Waals surface area contributed by atoms with Crippen LogP contribution in [-0.2, 0) is 5.41 Å². The molecule has 1 saturated carbocycles. The van der Waals surface area contributed by atoms with E-state index in [0.29, 0.717) is 0 Å². The molecule has 1 aliphatic rings. The van der Waals surface area contributed by atoms with Gasteiger partial charge in [0.2, 0.25) is 0 Å². The maximum atomic E-state index is 10.4. The van der Waals surface area contributed by atoms with Crippen LogP contribution < -0.4 is 0 Å². The zero-order valence-electron chi connectivity index (χ0n) is 7.64. The number of hydrogen-bond acceptors (Lipinski definition) is 3. The second-order valence-corrected chi connectivity index (χ2v) is 3.74. The first-order valence-electron chi connectivity index (χ1n) is 4.54. The lowest BCUT2D eigenvalue weighted by Crippen LogP contribution is -2.11. The van der Waals surface area contributed by atoms with Crippen LogP contribution in [0.5, 0.6) is 0 Å². The van der Waals surface area contributed by atoms with E-state index in [2.05, 4.69) is 0 Å². The standard InChI is InChI=1S/C10H11NO3/c12-7-10(5-6-10)8-1-3-9(4-2-8)11(13)14/h1-4,12H,5-7H2. The summed E-state index contributed by atoms with van der Waals surface area (Å²) in [6.45, 7) is 0.130. The number of benzene rings is 1. The molecular weight excluding hydrogens is 182 g/mol. The Bertz CT molecular complexity index is 354. The SMILES string of the molecule is O=[N+]([O-])c1ccc(C2(CO)CC2)cc1. The van der Waals surface area contributed by atoms with Gasteiger partial charge >= 0.3 is 0 Å². The molecule has 0 unspecified atom stereocenters. The van der Waals surface area contributed by atoms with Crippen LogP contribution in [0.3, 0.4) is 0 Å². The van der Waals surface area contributed by atoms with Gasteiger partial charge in [-0.1, -0.05) is 12.1 Å². The number of hydrogen-bond donors (Lipinski definition) is 1. The van der Waals surface area contributed by atoms with Gasteiger partial charge in [-0.2, -0.15) is 0 Å². The van der Waals surface area contributed by atoms with E-state index >= 15 is 0 Å². The molecule has 0 radical (unpaired) electrons. The fourth-order valence-corrected chi connectivity index (χ4v) is 1.63. The summed E-state index contributed by atoms with van der Waals surface area (Å²) < 4.78 is 0. The van der Waals surface area contributed by atoms with Gasteiger partial charge in [0.15, 0.2) is 0 Å². The number of aliphatic hydroxyl groups excluding tert-OH is 1. The monoisotopic (exact) mass is 193 g/mol. The van der Waals surface area contributed by atoms with Crippen molar-refractivity contribution in [1.29, 1.82) is 0 Å². The quantitative estimate of drug-likeness (QED) is 0.586. The van der Waals surface area contributed by atoms with Crippen molar-refractivity contribution in [3.8, 4) is 0 Å². The highest BCUT2D eigenvalue weighted by atomic mass is 16.6. The van der Waals surface area contributed by atoms with Crippen LogP contribution in [0.15, 0.2) is 24.3 Å². The van der Waals surface area contributed by atoms with Crippen molar-refractivity contribution in [2.45, 2.75) is 18.3 Å². The largest absolute Gasteiger partial charge is 0.395 e. The van der Waals surface area contributed by atoms with E-state index in [-0.39, 0.29) is 17.7 Å². The third kappa shape index (κ3) is 1.37. The molecular formula is C10H11NO3. The minimum atomic E-state index is -0.414. The van der Waals surface area contributed by atoms with E-state index < -0.39 is 4.92 Å². The van der Waals surface area contributed by atoms with Crippen LogP contribution in [0.2, 0.25) is 0 Å². The molecule has 0 amide bonds. The van der Waals surface area contributed by atoms with Crippen molar-refractivity contribution < 1.29 is 10.0 Å². The van der Waals surface area contributed by atoms with Gasteiger partial charge in [-0.3, -0.25) is 10.1 Å². The van der Waals surface area contributed by atoms with Gasteiger partial charge in [-0.05, 0) is 18.4 Å². The first-order valence-corrected chi connectivity index (χ1v) is 4.54. The van der Waals surface area contributed by atoms with Crippen molar-refractivity contribution in [3.63, 3.8) is 0 Å². The van der Waals surface area contributed by atoms with Crippen LogP contribution in [0, 0.1) is 10.1 Å². The molecule has 0 heterocycles. The number of non-ortho nitro benzene ring substituents is 1. The molecule has 2 rings (SSSR count). The number of nitro benzene ring substituents is 1. The lowest BCUT2D eigenvalue weighted by atomic mass is 9.97. The summed E-state index contributed by atoms with van der Waals surface area (Å²) in [6, 6.07) is 6.46. The Labute approximate surface area is 81.3 Å². The normalized spacial score (nSPS) is 17.8. The van der Waals surface area contributed by atoms with E-state index in [1.54, 1.807) is 12.1 Å². The number of rotatable bonds is 3. The van der Waals surface area contributed by atoms with E-state index in [4.69, 9.17) is 5.11 Å². The molecule has 0 spiro atoms. The highest BCUT2D eigenvalue weighted by Crippen LogP contribution is 2.47. The van der Waals surface area contributed by atoms with Crippen LogP contribution in [-0.4, -0.2) is 16.6 Å². The zero-order chi connectivity index (χ0) is 10.2. The van der Waals surface area contributed by atoms with E-state index in [0.717, 1.165) is 18.4 Å². The Kier molecular flexibility index (Phi) is 2.00. The first-order chi connectivity index (χ1) is 6.68. The third-order valence-corrected chi connectivity index (χ3v) is 2.85. The highest BCUT2D eigenvalue weighted by molar-refractivity contribution is 5.39. The van der Waals surface area contributed by atoms with Crippen LogP contribution in [0.4, 0.5) is 5.69 Å². The predicted molar refractivity (Wildman–Crippen MR) is 51.1 cm³/mol. The molecule has 1 aliphatic carbocycles. The van der Waals surface area contributed by atoms with Crippen molar-refractivity contribution in [2.24, 2.45) is 0 Å². The van der Waals surface area contributed by atoms with Gasteiger partial charge in [0.1, 0.15) is 0 Å². The van der Waals surface area contributed by atoms with Crippen LogP contribution in [0.25, 0.3) is 0 Å². The smallest absolute Gasteiger partial charge is 0.269 e. The van der Waals surface area contributed by atoms with Gasteiger partial charge < -0.3 is 5.11 Å². The minimum Gasteiger partial charge on any atom is -0.395 e. The Morgan fingerprint density at radius 3 is 2.29 bits per heavy atom. The molecule has 14 heavy (non-hydrogen) atoms. The molecule has 74 valence electrons. The van der Waals surface area contributed by atoms with E-state index in [1.807, 2.05) is 0 Å². The molecule has 0 bridgehead atoms. The minimum absolute atomic E-state index is 0.0995. The highest BCUT2D eigenvalue weighted by Gasteiger charge is 2.43. The lowest BCUT2D eigenvalue weighted by molar-refractivity contribution is -0.384. The number of nitrogens with zero attached hydrogens (tertiary/aromatic N) is 1. The second kappa shape index (κ2) is 3.06. The van der Waals surface area contributed by atoms with Crippen molar-refractivity contribution in [1.82, 2.24) is 0 Å². The topological polar surface area (TPSA) is 63.4 Å². The molecule has 1 aromatic rings. The van der Waals surface area contributed by atoms with Gasteiger partial charge in [-0.25, -0.2) is 0 Å². The van der Waals surface area contributed by atoms with Gasteiger partial charge in [0, 0.05) is 17.5 Å². The molecule has 0 aromatic heterocycles. The average Bonchev–Trinajstić information content (AvgIpc) is 2.99. The Morgan fingerprint density at radius 2 is 1.93 bits per heavy atom. The maximum Gasteiger partial charge on any atom is 0.269 e. The van der Waals surface area contributed by atoms with Gasteiger partial charge in [-0.15, -0.1) is 0 Å². The molecule has 4 nitrogen and oxygen atoms in total. The molecule has 4 heteroatoms. The Hall–Kier alpha value is -1.42. The molecule has 0 saturated heterocycles. The molecule has 1 aromatic carbocycles. The van der Waals surface area contributed by atoms with Gasteiger partial charge in [0.25, 0.3) is 5.69 Å². The van der Waals surface area contributed by atoms with Crippen molar-refractivity contribution in [3.05, 3.63) is 39.9 Å². The number of nitro groups is 1. The third-order valence-electron chi connectivity index (χ3n) is 2.85. The lowest BCUT2D eigenvalue weighted by Gasteiger charge is -2.10. The van der Waals surface area contributed by atoms with Crippen molar-refractivity contribution >= 4 is 5.69 Å². The van der Waals surface area contributed by atoms with Crippen LogP contribution >= 0.6 is 0 Å². The van der Waals surface area contributed by atoms with E-state index in [9.17, 15) is 10.1 Å². The predicted octanol–water partition coefficient (Wildman–Crippen LogP) is 1.62. The maximum absolute atomic E-state index is 10.4.